The van der Waals surface area contributed by atoms with Gasteiger partial charge in [-0.2, -0.15) is 0 Å². The molecule has 0 aliphatic rings. The van der Waals surface area contributed by atoms with Crippen LogP contribution in [0.25, 0.3) is 6.08 Å². The van der Waals surface area contributed by atoms with Gasteiger partial charge >= 0.3 is 5.97 Å². The molecule has 0 bridgehead atoms. The molecule has 11 nitrogen and oxygen atoms in total. The largest absolute Gasteiger partial charge is 0.478 e. The summed E-state index contributed by atoms with van der Waals surface area (Å²) >= 11 is 7.18. The average molecular weight is 707 g/mol. The van der Waals surface area contributed by atoms with Gasteiger partial charge in [0.1, 0.15) is 10.9 Å². The van der Waals surface area contributed by atoms with E-state index in [2.05, 4.69) is 16.0 Å². The highest BCUT2D eigenvalue weighted by molar-refractivity contribution is 8.00. The van der Waals surface area contributed by atoms with E-state index in [9.17, 15) is 34.4 Å². The van der Waals surface area contributed by atoms with Gasteiger partial charge in [0.05, 0.1) is 21.1 Å². The topological polar surface area (TPSA) is 168 Å². The molecule has 0 aromatic heterocycles. The van der Waals surface area contributed by atoms with E-state index in [-0.39, 0.29) is 38.8 Å². The molecule has 0 saturated carbocycles. The molecule has 0 heterocycles. The Hall–Kier alpha value is -6.24. The zero-order valence-corrected chi connectivity index (χ0v) is 27.5. The summed E-state index contributed by atoms with van der Waals surface area (Å²) in [5.74, 6) is -3.02. The number of hydrogen-bond donors (Lipinski definition) is 4. The van der Waals surface area contributed by atoms with Crippen LogP contribution < -0.4 is 16.0 Å². The molecule has 5 aromatic carbocycles. The quantitative estimate of drug-likeness (QED) is 0.0441. The number of carboxylic acid groups (broad SMARTS) is 1. The summed E-state index contributed by atoms with van der Waals surface area (Å²) in [5, 5.41) is 28.4. The van der Waals surface area contributed by atoms with Gasteiger partial charge in [-0.25, -0.2) is 4.79 Å². The van der Waals surface area contributed by atoms with Gasteiger partial charge in [0.2, 0.25) is 5.91 Å². The molecular weight excluding hydrogens is 680 g/mol. The molecule has 0 spiro atoms. The van der Waals surface area contributed by atoms with E-state index in [4.69, 9.17) is 11.6 Å². The van der Waals surface area contributed by atoms with Gasteiger partial charge in [-0.05, 0) is 66.2 Å². The number of carbonyl (C=O) groups excluding carboxylic acids is 3. The molecule has 250 valence electrons. The number of nitrogens with zero attached hydrogens (tertiary/aromatic N) is 1. The van der Waals surface area contributed by atoms with Crippen molar-refractivity contribution in [2.75, 3.05) is 10.6 Å². The molecule has 0 fully saturated rings. The second kappa shape index (κ2) is 16.2. The van der Waals surface area contributed by atoms with Crippen molar-refractivity contribution in [1.29, 1.82) is 0 Å². The summed E-state index contributed by atoms with van der Waals surface area (Å²) in [6.45, 7) is 0. The minimum Gasteiger partial charge on any atom is -0.478 e. The van der Waals surface area contributed by atoms with Gasteiger partial charge < -0.3 is 21.1 Å². The van der Waals surface area contributed by atoms with Crippen LogP contribution >= 0.6 is 23.4 Å². The predicted octanol–water partition coefficient (Wildman–Crippen LogP) is 7.83. The number of halogens is 1. The number of thioether (sulfide) groups is 1. The fraction of sp³-hybridized carbons (Fsp3) is 0.0270. The standard InChI is InChI=1S/C37H27ClN4O7S/c38-30-19-18-27(22-29(30)37(46)47)40-36(45)33(23-10-3-1-4-11-23)50-28-16-9-15-26(21-28)39-35(44)31(41-34(43)24-12-5-2-6-13-24)20-25-14-7-8-17-32(25)42(48)49/h1-22,33H,(H,39,44)(H,40,45)(H,41,43)(H,46,47)/b31-20+. The third-order valence-corrected chi connectivity index (χ3v) is 8.69. The first-order valence-corrected chi connectivity index (χ1v) is 16.1. The Morgan fingerprint density at radius 3 is 2.14 bits per heavy atom. The van der Waals surface area contributed by atoms with Gasteiger partial charge in [0.15, 0.2) is 0 Å². The number of carbonyl (C=O) groups is 4. The summed E-state index contributed by atoms with van der Waals surface area (Å²) in [5.41, 5.74) is 0.948. The summed E-state index contributed by atoms with van der Waals surface area (Å²) in [7, 11) is 0. The highest BCUT2D eigenvalue weighted by Crippen LogP contribution is 2.37. The average Bonchev–Trinajstić information content (AvgIpc) is 3.12. The maximum absolute atomic E-state index is 13.6. The Bertz CT molecular complexity index is 2110. The van der Waals surface area contributed by atoms with E-state index >= 15 is 0 Å². The van der Waals surface area contributed by atoms with Crippen LogP contribution in [0, 0.1) is 10.1 Å². The monoisotopic (exact) mass is 706 g/mol. The lowest BCUT2D eigenvalue weighted by molar-refractivity contribution is -0.385. The van der Waals surface area contributed by atoms with Crippen molar-refractivity contribution in [2.45, 2.75) is 10.1 Å². The van der Waals surface area contributed by atoms with Crippen molar-refractivity contribution in [3.8, 4) is 0 Å². The summed E-state index contributed by atoms with van der Waals surface area (Å²) in [4.78, 5) is 63.6. The van der Waals surface area contributed by atoms with E-state index in [1.807, 2.05) is 6.07 Å². The Morgan fingerprint density at radius 1 is 0.780 bits per heavy atom. The second-order valence-corrected chi connectivity index (χ2v) is 12.2. The Labute approximate surface area is 295 Å². The first kappa shape index (κ1) is 35.1. The van der Waals surface area contributed by atoms with Gasteiger partial charge in [-0.15, -0.1) is 11.8 Å². The first-order chi connectivity index (χ1) is 24.1. The fourth-order valence-electron chi connectivity index (χ4n) is 4.73. The Balaban J connectivity index is 1.41. The molecule has 0 aliphatic heterocycles. The molecule has 3 amide bonds. The van der Waals surface area contributed by atoms with E-state index < -0.39 is 33.9 Å². The maximum Gasteiger partial charge on any atom is 0.337 e. The number of anilines is 2. The van der Waals surface area contributed by atoms with E-state index in [1.54, 1.807) is 84.9 Å². The van der Waals surface area contributed by atoms with E-state index in [1.165, 1.54) is 54.2 Å². The first-order valence-electron chi connectivity index (χ1n) is 14.9. The van der Waals surface area contributed by atoms with Crippen molar-refractivity contribution in [1.82, 2.24) is 5.32 Å². The molecular formula is C37H27ClN4O7S. The van der Waals surface area contributed by atoms with Crippen LogP contribution in [-0.4, -0.2) is 33.7 Å². The SMILES string of the molecule is O=C(Nc1cccc(SC(C(=O)Nc2ccc(Cl)c(C(=O)O)c2)c2ccccc2)c1)/C(=C\c1ccccc1[N+](=O)[O-])NC(=O)c1ccccc1. The van der Waals surface area contributed by atoms with Crippen LogP contribution in [0.1, 0.15) is 37.1 Å². The van der Waals surface area contributed by atoms with E-state index in [0.717, 1.165) is 0 Å². The number of amides is 3. The van der Waals surface area contributed by atoms with Crippen LogP contribution in [0.15, 0.2) is 138 Å². The number of rotatable bonds is 12. The molecule has 13 heteroatoms. The molecule has 0 aliphatic carbocycles. The number of benzene rings is 5. The molecule has 5 rings (SSSR count). The van der Waals surface area contributed by atoms with Crippen molar-refractivity contribution >= 4 is 70.2 Å². The molecule has 0 radical (unpaired) electrons. The van der Waals surface area contributed by atoms with Crippen molar-refractivity contribution in [3.63, 3.8) is 0 Å². The third kappa shape index (κ3) is 9.01. The minimum atomic E-state index is -1.24. The zero-order valence-electron chi connectivity index (χ0n) is 25.9. The highest BCUT2D eigenvalue weighted by atomic mass is 35.5. The molecule has 0 saturated heterocycles. The number of aromatic carboxylic acids is 1. The number of nitro groups is 1. The zero-order chi connectivity index (χ0) is 35.6. The van der Waals surface area contributed by atoms with Crippen LogP contribution in [0.2, 0.25) is 5.02 Å². The predicted molar refractivity (Wildman–Crippen MR) is 192 cm³/mol. The van der Waals surface area contributed by atoms with Gasteiger partial charge in [-0.1, -0.05) is 78.3 Å². The normalized spacial score (nSPS) is 11.6. The van der Waals surface area contributed by atoms with Crippen LogP contribution in [0.3, 0.4) is 0 Å². The van der Waals surface area contributed by atoms with Gasteiger partial charge in [0.25, 0.3) is 17.5 Å². The van der Waals surface area contributed by atoms with Gasteiger partial charge in [-0.3, -0.25) is 24.5 Å². The number of nitrogens with one attached hydrogen (secondary N) is 3. The summed E-state index contributed by atoms with van der Waals surface area (Å²) < 4.78 is 0. The van der Waals surface area contributed by atoms with Gasteiger partial charge in [0, 0.05) is 27.9 Å². The van der Waals surface area contributed by atoms with Crippen molar-refractivity contribution < 1.29 is 29.2 Å². The number of carboxylic acids is 1. The lowest BCUT2D eigenvalue weighted by atomic mass is 10.1. The molecule has 50 heavy (non-hydrogen) atoms. The lowest BCUT2D eigenvalue weighted by Crippen LogP contribution is -2.30. The molecule has 1 unspecified atom stereocenters. The Kier molecular flexibility index (Phi) is 11.4. The van der Waals surface area contributed by atoms with Crippen molar-refractivity contribution in [3.05, 3.63) is 170 Å². The third-order valence-electron chi connectivity index (χ3n) is 7.11. The van der Waals surface area contributed by atoms with Crippen LogP contribution in [-0.2, 0) is 9.59 Å². The number of hydrogen-bond acceptors (Lipinski definition) is 7. The lowest BCUT2D eigenvalue weighted by Gasteiger charge is -2.18. The molecule has 1 atom stereocenters. The van der Waals surface area contributed by atoms with Crippen molar-refractivity contribution in [2.24, 2.45) is 0 Å². The summed E-state index contributed by atoms with van der Waals surface area (Å²) in [6.07, 6.45) is 1.23. The highest BCUT2D eigenvalue weighted by Gasteiger charge is 2.24. The smallest absolute Gasteiger partial charge is 0.337 e. The van der Waals surface area contributed by atoms with E-state index in [0.29, 0.717) is 16.1 Å². The fourth-order valence-corrected chi connectivity index (χ4v) is 6.01. The van der Waals surface area contributed by atoms with Crippen LogP contribution in [0.5, 0.6) is 0 Å². The number of para-hydroxylation sites is 1. The van der Waals surface area contributed by atoms with Crippen LogP contribution in [0.4, 0.5) is 17.1 Å². The molecule has 5 aromatic rings. The maximum atomic E-state index is 13.6. The Morgan fingerprint density at radius 2 is 1.44 bits per heavy atom. The number of nitro benzene ring substituents is 1. The second-order valence-electron chi connectivity index (χ2n) is 10.6. The molecule has 4 N–H and O–H groups in total. The summed E-state index contributed by atoms with van der Waals surface area (Å²) in [6, 6.07) is 33.8. The minimum absolute atomic E-state index is 0.0305.